The summed E-state index contributed by atoms with van der Waals surface area (Å²) in [6.45, 7) is 3.05. The first-order valence-electron chi connectivity index (χ1n) is 7.53. The summed E-state index contributed by atoms with van der Waals surface area (Å²) in [6, 6.07) is 10.9. The van der Waals surface area contributed by atoms with E-state index in [0.717, 1.165) is 30.8 Å². The lowest BCUT2D eigenvalue weighted by Crippen LogP contribution is -2.37. The summed E-state index contributed by atoms with van der Waals surface area (Å²) in [4.78, 5) is 0. The van der Waals surface area contributed by atoms with E-state index in [4.69, 9.17) is 16.9 Å². The highest BCUT2D eigenvalue weighted by Gasteiger charge is 2.33. The van der Waals surface area contributed by atoms with E-state index < -0.39 is 0 Å². The van der Waals surface area contributed by atoms with Gasteiger partial charge in [0.25, 0.3) is 0 Å². The Bertz CT molecular complexity index is 470. The van der Waals surface area contributed by atoms with Crippen molar-refractivity contribution in [1.29, 1.82) is 5.26 Å². The molecule has 1 aliphatic carbocycles. The van der Waals surface area contributed by atoms with Gasteiger partial charge in [0.15, 0.2) is 0 Å². The molecule has 0 amide bonds. The van der Waals surface area contributed by atoms with Crippen LogP contribution in [0, 0.1) is 16.7 Å². The van der Waals surface area contributed by atoms with E-state index in [0.29, 0.717) is 12.5 Å². The summed E-state index contributed by atoms with van der Waals surface area (Å²) in [5, 5.41) is 13.4. The number of rotatable bonds is 5. The van der Waals surface area contributed by atoms with Crippen LogP contribution in [-0.2, 0) is 6.54 Å². The lowest BCUT2D eigenvalue weighted by Gasteiger charge is -2.38. The minimum Gasteiger partial charge on any atom is -0.310 e. The first-order chi connectivity index (χ1) is 9.69. The molecule has 0 aromatic heterocycles. The molecule has 1 aliphatic rings. The van der Waals surface area contributed by atoms with Gasteiger partial charge in [-0.15, -0.1) is 0 Å². The molecule has 0 radical (unpaired) electrons. The fourth-order valence-electron chi connectivity index (χ4n) is 3.15. The van der Waals surface area contributed by atoms with E-state index in [1.807, 2.05) is 18.2 Å². The predicted octanol–water partition coefficient (Wildman–Crippen LogP) is 4.68. The zero-order valence-corrected chi connectivity index (χ0v) is 12.9. The lowest BCUT2D eigenvalue weighted by atomic mass is 9.69. The summed E-state index contributed by atoms with van der Waals surface area (Å²) >= 11 is 6.17. The summed E-state index contributed by atoms with van der Waals surface area (Å²) < 4.78 is 0. The second-order valence-corrected chi connectivity index (χ2v) is 6.34. The minimum atomic E-state index is 0.275. The van der Waals surface area contributed by atoms with Crippen LogP contribution in [0.5, 0.6) is 0 Å². The number of benzene rings is 1. The van der Waals surface area contributed by atoms with Crippen LogP contribution in [0.2, 0.25) is 5.02 Å². The molecule has 1 aromatic carbocycles. The largest absolute Gasteiger partial charge is 0.310 e. The maximum atomic E-state index is 8.98. The van der Waals surface area contributed by atoms with E-state index in [-0.39, 0.29) is 5.41 Å². The molecule has 0 bridgehead atoms. The molecule has 108 valence electrons. The molecule has 20 heavy (non-hydrogen) atoms. The van der Waals surface area contributed by atoms with Gasteiger partial charge in [-0.3, -0.25) is 0 Å². The molecule has 1 aromatic rings. The Morgan fingerprint density at radius 3 is 2.65 bits per heavy atom. The molecule has 0 aliphatic heterocycles. The molecule has 0 heterocycles. The molecule has 1 N–H and O–H groups in total. The number of nitrogens with one attached hydrogen (secondary N) is 1. The standard InChI is InChI=1S/C17H23ClN2/c1-2-17(11-12-19)9-7-15(8-10-17)20-13-14-5-3-4-6-16(14)18/h3-6,15,20H,2,7-11,13H2,1H3. The van der Waals surface area contributed by atoms with Crippen LogP contribution in [0.4, 0.5) is 0 Å². The highest BCUT2D eigenvalue weighted by Crippen LogP contribution is 2.41. The van der Waals surface area contributed by atoms with Gasteiger partial charge in [-0.2, -0.15) is 5.26 Å². The van der Waals surface area contributed by atoms with Gasteiger partial charge in [0.05, 0.1) is 6.07 Å². The molecule has 0 unspecified atom stereocenters. The molecule has 2 nitrogen and oxygen atoms in total. The van der Waals surface area contributed by atoms with Crippen molar-refractivity contribution in [2.24, 2.45) is 5.41 Å². The number of hydrogen-bond acceptors (Lipinski definition) is 2. The van der Waals surface area contributed by atoms with Crippen molar-refractivity contribution in [3.63, 3.8) is 0 Å². The number of halogens is 1. The molecule has 0 atom stereocenters. The van der Waals surface area contributed by atoms with Crippen LogP contribution in [0.3, 0.4) is 0 Å². The molecule has 2 rings (SSSR count). The number of hydrogen-bond donors (Lipinski definition) is 1. The third-order valence-electron chi connectivity index (χ3n) is 4.79. The van der Waals surface area contributed by atoms with Crippen molar-refractivity contribution >= 4 is 11.6 Å². The van der Waals surface area contributed by atoms with Gasteiger partial charge in [0.2, 0.25) is 0 Å². The summed E-state index contributed by atoms with van der Waals surface area (Å²) in [5.74, 6) is 0. The van der Waals surface area contributed by atoms with E-state index in [9.17, 15) is 0 Å². The monoisotopic (exact) mass is 290 g/mol. The van der Waals surface area contributed by atoms with Crippen molar-refractivity contribution in [2.45, 2.75) is 58.0 Å². The second-order valence-electron chi connectivity index (χ2n) is 5.94. The summed E-state index contributed by atoms with van der Waals surface area (Å²) in [7, 11) is 0. The zero-order chi connectivity index (χ0) is 14.4. The average molecular weight is 291 g/mol. The smallest absolute Gasteiger partial charge is 0.0627 e. The number of nitriles is 1. The first kappa shape index (κ1) is 15.4. The van der Waals surface area contributed by atoms with Crippen molar-refractivity contribution in [3.8, 4) is 6.07 Å². The third-order valence-corrected chi connectivity index (χ3v) is 5.16. The predicted molar refractivity (Wildman–Crippen MR) is 83.5 cm³/mol. The highest BCUT2D eigenvalue weighted by atomic mass is 35.5. The molecule has 1 fully saturated rings. The van der Waals surface area contributed by atoms with E-state index in [1.165, 1.54) is 18.4 Å². The van der Waals surface area contributed by atoms with Gasteiger partial charge >= 0.3 is 0 Å². The third kappa shape index (κ3) is 3.75. The Balaban J connectivity index is 1.83. The Labute approximate surface area is 127 Å². The first-order valence-corrected chi connectivity index (χ1v) is 7.91. The van der Waals surface area contributed by atoms with Gasteiger partial charge in [0, 0.05) is 24.0 Å². The van der Waals surface area contributed by atoms with E-state index in [2.05, 4.69) is 24.4 Å². The van der Waals surface area contributed by atoms with Crippen molar-refractivity contribution in [3.05, 3.63) is 34.9 Å². The highest BCUT2D eigenvalue weighted by molar-refractivity contribution is 6.31. The molecule has 3 heteroatoms. The second kappa shape index (κ2) is 7.11. The fourth-order valence-corrected chi connectivity index (χ4v) is 3.36. The molecular formula is C17H23ClN2. The fraction of sp³-hybridized carbons (Fsp3) is 0.588. The van der Waals surface area contributed by atoms with Crippen molar-refractivity contribution < 1.29 is 0 Å². The Hall–Kier alpha value is -1.04. The van der Waals surface area contributed by atoms with Crippen LogP contribution >= 0.6 is 11.6 Å². The van der Waals surface area contributed by atoms with Crippen LogP contribution in [0.25, 0.3) is 0 Å². The molecule has 0 spiro atoms. The average Bonchev–Trinajstić information content (AvgIpc) is 2.48. The Kier molecular flexibility index (Phi) is 5.46. The van der Waals surface area contributed by atoms with Gasteiger partial charge in [-0.25, -0.2) is 0 Å². The SMILES string of the molecule is CCC1(CC#N)CCC(NCc2ccccc2Cl)CC1. The van der Waals surface area contributed by atoms with Crippen molar-refractivity contribution in [2.75, 3.05) is 0 Å². The Morgan fingerprint density at radius 2 is 2.05 bits per heavy atom. The maximum absolute atomic E-state index is 8.98. The van der Waals surface area contributed by atoms with E-state index >= 15 is 0 Å². The molecule has 1 saturated carbocycles. The summed E-state index contributed by atoms with van der Waals surface area (Å²) in [6.07, 6.45) is 6.49. The van der Waals surface area contributed by atoms with Crippen molar-refractivity contribution in [1.82, 2.24) is 5.32 Å². The molecule has 0 saturated heterocycles. The quantitative estimate of drug-likeness (QED) is 0.854. The topological polar surface area (TPSA) is 35.8 Å². The van der Waals surface area contributed by atoms with Gasteiger partial charge in [-0.1, -0.05) is 36.7 Å². The van der Waals surface area contributed by atoms with Crippen LogP contribution < -0.4 is 5.32 Å². The minimum absolute atomic E-state index is 0.275. The number of nitrogens with zero attached hydrogens (tertiary/aromatic N) is 1. The zero-order valence-electron chi connectivity index (χ0n) is 12.2. The van der Waals surface area contributed by atoms with Gasteiger partial charge < -0.3 is 5.32 Å². The lowest BCUT2D eigenvalue weighted by molar-refractivity contribution is 0.159. The van der Waals surface area contributed by atoms with E-state index in [1.54, 1.807) is 0 Å². The van der Waals surface area contributed by atoms with Gasteiger partial charge in [-0.05, 0) is 49.1 Å². The molecular weight excluding hydrogens is 268 g/mol. The van der Waals surface area contributed by atoms with Crippen LogP contribution in [-0.4, -0.2) is 6.04 Å². The maximum Gasteiger partial charge on any atom is 0.0627 e. The Morgan fingerprint density at radius 1 is 1.35 bits per heavy atom. The summed E-state index contributed by atoms with van der Waals surface area (Å²) in [5.41, 5.74) is 1.44. The van der Waals surface area contributed by atoms with Crippen LogP contribution in [0.1, 0.15) is 51.0 Å². The van der Waals surface area contributed by atoms with Gasteiger partial charge in [0.1, 0.15) is 0 Å². The normalized spacial score (nSPS) is 26.1. The van der Waals surface area contributed by atoms with Crippen LogP contribution in [0.15, 0.2) is 24.3 Å².